The minimum absolute atomic E-state index is 0.164. The average molecular weight is 336 g/mol. The van der Waals surface area contributed by atoms with Crippen LogP contribution < -0.4 is 10.9 Å². The summed E-state index contributed by atoms with van der Waals surface area (Å²) in [6.07, 6.45) is 1.22. The summed E-state index contributed by atoms with van der Waals surface area (Å²) in [5.74, 6) is 0.0551. The molecule has 0 radical (unpaired) electrons. The van der Waals surface area contributed by atoms with Crippen LogP contribution in [0.15, 0.2) is 57.7 Å². The summed E-state index contributed by atoms with van der Waals surface area (Å²) in [4.78, 5) is 28.7. The molecule has 0 aliphatic carbocycles. The molecule has 0 saturated carbocycles. The van der Waals surface area contributed by atoms with Crippen molar-refractivity contribution in [2.45, 2.75) is 18.9 Å². The Balaban J connectivity index is 1.65. The zero-order chi connectivity index (χ0) is 17.2. The molecule has 1 fully saturated rings. The molecule has 1 N–H and O–H groups in total. The van der Waals surface area contributed by atoms with Gasteiger partial charge in [0.15, 0.2) is 0 Å². The predicted octanol–water partition coefficient (Wildman–Crippen LogP) is 2.97. The molecule has 4 rings (SSSR count). The summed E-state index contributed by atoms with van der Waals surface area (Å²) >= 11 is 0. The highest BCUT2D eigenvalue weighted by Gasteiger charge is 2.23. The number of anilines is 1. The van der Waals surface area contributed by atoms with Crippen LogP contribution in [0.4, 0.5) is 5.69 Å². The fraction of sp³-hybridized carbons (Fsp3) is 0.211. The van der Waals surface area contributed by atoms with E-state index in [1.165, 1.54) is 0 Å². The fourth-order valence-corrected chi connectivity index (χ4v) is 2.88. The number of benzene rings is 2. The average Bonchev–Trinajstić information content (AvgIpc) is 3.17. The highest BCUT2D eigenvalue weighted by Crippen LogP contribution is 2.23. The molecule has 0 bridgehead atoms. The Morgan fingerprint density at radius 1 is 1.16 bits per heavy atom. The first-order valence-corrected chi connectivity index (χ1v) is 8.13. The van der Waals surface area contributed by atoms with E-state index in [2.05, 4.69) is 10.3 Å². The molecule has 1 amide bonds. The fourth-order valence-electron chi connectivity index (χ4n) is 2.88. The zero-order valence-corrected chi connectivity index (χ0v) is 13.4. The quantitative estimate of drug-likeness (QED) is 0.795. The highest BCUT2D eigenvalue weighted by molar-refractivity contribution is 5.94. The molecule has 1 aromatic heterocycles. The number of aromatic nitrogens is 1. The van der Waals surface area contributed by atoms with Gasteiger partial charge in [0, 0.05) is 17.9 Å². The van der Waals surface area contributed by atoms with E-state index >= 15 is 0 Å². The van der Waals surface area contributed by atoms with Crippen molar-refractivity contribution in [1.82, 2.24) is 4.98 Å². The Hall–Kier alpha value is -2.99. The number of ether oxygens (including phenoxy) is 1. The van der Waals surface area contributed by atoms with Gasteiger partial charge in [0.25, 0.3) is 5.91 Å². The first-order chi connectivity index (χ1) is 12.2. The lowest BCUT2D eigenvalue weighted by atomic mass is 10.1. The third-order valence-corrected chi connectivity index (χ3v) is 4.13. The number of hydrogen-bond acceptors (Lipinski definition) is 5. The number of para-hydroxylation sites is 1. The molecule has 1 aliphatic heterocycles. The van der Waals surface area contributed by atoms with Crippen LogP contribution in [0, 0.1) is 0 Å². The van der Waals surface area contributed by atoms with E-state index in [1.54, 1.807) is 42.5 Å². The van der Waals surface area contributed by atoms with E-state index in [0.717, 1.165) is 12.8 Å². The summed E-state index contributed by atoms with van der Waals surface area (Å²) in [6.45, 7) is 0.615. The molecule has 25 heavy (non-hydrogen) atoms. The van der Waals surface area contributed by atoms with Crippen LogP contribution in [-0.2, 0) is 9.53 Å². The van der Waals surface area contributed by atoms with Gasteiger partial charge in [-0.3, -0.25) is 4.79 Å². The van der Waals surface area contributed by atoms with Gasteiger partial charge in [-0.2, -0.15) is 0 Å². The number of amides is 1. The second-order valence-electron chi connectivity index (χ2n) is 5.90. The maximum absolute atomic E-state index is 12.2. The van der Waals surface area contributed by atoms with Gasteiger partial charge in [-0.25, -0.2) is 9.78 Å². The monoisotopic (exact) mass is 336 g/mol. The van der Waals surface area contributed by atoms with Gasteiger partial charge in [0.05, 0.1) is 10.9 Å². The summed E-state index contributed by atoms with van der Waals surface area (Å²) in [5, 5.41) is 3.27. The molecule has 0 unspecified atom stereocenters. The van der Waals surface area contributed by atoms with Gasteiger partial charge >= 0.3 is 5.63 Å². The standard InChI is InChI=1S/C19H16N2O4/c22-17(16-9-4-10-24-16)20-13-6-3-5-12(11-13)18-21-15-8-2-1-7-14(15)19(23)25-18/h1-3,5-8,11,16H,4,9-10H2,(H,20,22)/t16-/m0/s1. The van der Waals surface area contributed by atoms with E-state index in [4.69, 9.17) is 9.15 Å². The first-order valence-electron chi connectivity index (χ1n) is 8.13. The molecule has 1 atom stereocenters. The molecule has 6 heteroatoms. The number of carbonyl (C=O) groups excluding carboxylic acids is 1. The van der Waals surface area contributed by atoms with Crippen LogP contribution in [0.2, 0.25) is 0 Å². The van der Waals surface area contributed by atoms with Crippen LogP contribution >= 0.6 is 0 Å². The van der Waals surface area contributed by atoms with Gasteiger partial charge in [-0.15, -0.1) is 0 Å². The lowest BCUT2D eigenvalue weighted by Gasteiger charge is -2.11. The Morgan fingerprint density at radius 2 is 2.04 bits per heavy atom. The molecule has 6 nitrogen and oxygen atoms in total. The van der Waals surface area contributed by atoms with Crippen molar-refractivity contribution in [1.29, 1.82) is 0 Å². The van der Waals surface area contributed by atoms with Crippen LogP contribution in [0.5, 0.6) is 0 Å². The lowest BCUT2D eigenvalue weighted by molar-refractivity contribution is -0.124. The predicted molar refractivity (Wildman–Crippen MR) is 93.3 cm³/mol. The largest absolute Gasteiger partial charge is 0.403 e. The summed E-state index contributed by atoms with van der Waals surface area (Å²) in [6, 6.07) is 14.1. The number of fused-ring (bicyclic) bond motifs is 1. The first kappa shape index (κ1) is 15.5. The van der Waals surface area contributed by atoms with E-state index < -0.39 is 11.7 Å². The molecule has 0 spiro atoms. The van der Waals surface area contributed by atoms with Crippen molar-refractivity contribution >= 4 is 22.5 Å². The number of hydrogen-bond donors (Lipinski definition) is 1. The highest BCUT2D eigenvalue weighted by atomic mass is 16.5. The molecule has 126 valence electrons. The molecule has 2 heterocycles. The maximum Gasteiger partial charge on any atom is 0.347 e. The van der Waals surface area contributed by atoms with Gasteiger partial charge in [-0.05, 0) is 43.2 Å². The third kappa shape index (κ3) is 3.16. The van der Waals surface area contributed by atoms with Crippen LogP contribution in [-0.4, -0.2) is 23.6 Å². The molecule has 1 saturated heterocycles. The summed E-state index contributed by atoms with van der Waals surface area (Å²) in [5.41, 5.74) is 1.36. The van der Waals surface area contributed by atoms with Crippen LogP contribution in [0.25, 0.3) is 22.4 Å². The van der Waals surface area contributed by atoms with Crippen LogP contribution in [0.1, 0.15) is 12.8 Å². The Bertz CT molecular complexity index is 990. The Labute approximate surface area is 143 Å². The van der Waals surface area contributed by atoms with Gasteiger partial charge in [0.2, 0.25) is 5.89 Å². The minimum Gasteiger partial charge on any atom is -0.403 e. The van der Waals surface area contributed by atoms with E-state index in [-0.39, 0.29) is 11.8 Å². The Morgan fingerprint density at radius 3 is 2.88 bits per heavy atom. The van der Waals surface area contributed by atoms with Crippen molar-refractivity contribution in [2.75, 3.05) is 11.9 Å². The molecule has 1 aliphatic rings. The topological polar surface area (TPSA) is 81.4 Å². The van der Waals surface area contributed by atoms with Crippen molar-refractivity contribution in [3.8, 4) is 11.5 Å². The SMILES string of the molecule is O=C(Nc1cccc(-c2nc3ccccc3c(=O)o2)c1)[C@@H]1CCCO1. The zero-order valence-electron chi connectivity index (χ0n) is 13.4. The van der Waals surface area contributed by atoms with Crippen molar-refractivity contribution < 1.29 is 13.9 Å². The maximum atomic E-state index is 12.2. The van der Waals surface area contributed by atoms with E-state index in [1.807, 2.05) is 6.07 Å². The number of nitrogens with zero attached hydrogens (tertiary/aromatic N) is 1. The second kappa shape index (κ2) is 6.49. The van der Waals surface area contributed by atoms with Gasteiger partial charge < -0.3 is 14.5 Å². The Kier molecular flexibility index (Phi) is 4.03. The molecular formula is C19H16N2O4. The van der Waals surface area contributed by atoms with Crippen molar-refractivity contribution in [2.24, 2.45) is 0 Å². The number of nitrogens with one attached hydrogen (secondary N) is 1. The smallest absolute Gasteiger partial charge is 0.347 e. The molecular weight excluding hydrogens is 320 g/mol. The van der Waals surface area contributed by atoms with Crippen molar-refractivity contribution in [3.63, 3.8) is 0 Å². The van der Waals surface area contributed by atoms with Crippen molar-refractivity contribution in [3.05, 3.63) is 59.0 Å². The third-order valence-electron chi connectivity index (χ3n) is 4.13. The van der Waals surface area contributed by atoms with E-state index in [9.17, 15) is 9.59 Å². The lowest BCUT2D eigenvalue weighted by Crippen LogP contribution is -2.26. The molecule has 2 aromatic carbocycles. The normalized spacial score (nSPS) is 16.9. The van der Waals surface area contributed by atoms with Gasteiger partial charge in [-0.1, -0.05) is 18.2 Å². The molecule has 3 aromatic rings. The van der Waals surface area contributed by atoms with E-state index in [0.29, 0.717) is 28.8 Å². The number of rotatable bonds is 3. The number of carbonyl (C=O) groups is 1. The minimum atomic E-state index is -0.436. The van der Waals surface area contributed by atoms with Gasteiger partial charge in [0.1, 0.15) is 6.10 Å². The second-order valence-corrected chi connectivity index (χ2v) is 5.90. The van der Waals surface area contributed by atoms with Crippen LogP contribution in [0.3, 0.4) is 0 Å². The summed E-state index contributed by atoms with van der Waals surface area (Å²) < 4.78 is 10.7. The summed E-state index contributed by atoms with van der Waals surface area (Å²) in [7, 11) is 0.